The molecule has 38 heavy (non-hydrogen) atoms. The standard InChI is InChI=1S/C28H29F3N4O2S/c1-17(19-4-3-5-20(26(19)29)27(30)31)34-23-8-11-33-24-15-25(37-2)22(14-21(23)24)28(16-32)9-12-38(36,13-10-28)35-18-6-7-18/h3-5,8,11,14-15,17-18,27H,6-7,9-10,12-13H2,1-2H3,(H,33,34)/t17-,28?,38?/m1/s1. The minimum Gasteiger partial charge on any atom is -0.496 e. The molecule has 10 heteroatoms. The molecule has 2 aliphatic rings. The number of pyridine rings is 1. The minimum absolute atomic E-state index is 0.122. The summed E-state index contributed by atoms with van der Waals surface area (Å²) in [5.41, 5.74) is 0.469. The number of hydrogen-bond donors (Lipinski definition) is 1. The zero-order chi connectivity index (χ0) is 27.1. The van der Waals surface area contributed by atoms with E-state index in [9.17, 15) is 22.6 Å². The van der Waals surface area contributed by atoms with E-state index in [1.807, 2.05) is 6.07 Å². The third-order valence-corrected chi connectivity index (χ3v) is 9.87. The van der Waals surface area contributed by atoms with Gasteiger partial charge in [-0.15, -0.1) is 0 Å². The van der Waals surface area contributed by atoms with E-state index in [1.165, 1.54) is 19.2 Å². The Balaban J connectivity index is 1.53. The van der Waals surface area contributed by atoms with Crippen molar-refractivity contribution >= 4 is 26.3 Å². The number of benzene rings is 2. The number of fused-ring (bicyclic) bond motifs is 1. The van der Waals surface area contributed by atoms with Crippen LogP contribution in [0.2, 0.25) is 0 Å². The summed E-state index contributed by atoms with van der Waals surface area (Å²) < 4.78 is 64.8. The molecule has 6 nitrogen and oxygen atoms in total. The fraction of sp³-hybridized carbons (Fsp3) is 0.429. The maximum Gasteiger partial charge on any atom is 0.266 e. The molecular weight excluding hydrogens is 513 g/mol. The zero-order valence-corrected chi connectivity index (χ0v) is 22.0. The van der Waals surface area contributed by atoms with Gasteiger partial charge in [0.1, 0.15) is 11.6 Å². The summed E-state index contributed by atoms with van der Waals surface area (Å²) in [7, 11) is -0.792. The van der Waals surface area contributed by atoms with Gasteiger partial charge in [0, 0.05) is 55.7 Å². The monoisotopic (exact) mass is 542 g/mol. The number of ether oxygens (including phenoxy) is 1. The molecule has 0 spiro atoms. The smallest absolute Gasteiger partial charge is 0.266 e. The van der Waals surface area contributed by atoms with Gasteiger partial charge in [-0.05, 0) is 44.7 Å². The summed E-state index contributed by atoms with van der Waals surface area (Å²) in [4.78, 5) is 4.45. The molecule has 1 atom stereocenters. The van der Waals surface area contributed by atoms with Crippen LogP contribution in [0.25, 0.3) is 10.9 Å². The summed E-state index contributed by atoms with van der Waals surface area (Å²) in [6, 6.07) is 11.4. The van der Waals surface area contributed by atoms with Crippen molar-refractivity contribution in [3.8, 4) is 11.8 Å². The molecule has 2 aromatic carbocycles. The Morgan fingerprint density at radius 2 is 1.92 bits per heavy atom. The topological polar surface area (TPSA) is 87.4 Å². The lowest BCUT2D eigenvalue weighted by Gasteiger charge is -2.34. The molecular formula is C28H29F3N4O2S. The lowest BCUT2D eigenvalue weighted by molar-refractivity contribution is 0.146. The van der Waals surface area contributed by atoms with Gasteiger partial charge >= 0.3 is 0 Å². The van der Waals surface area contributed by atoms with Crippen molar-refractivity contribution in [1.29, 1.82) is 5.26 Å². The van der Waals surface area contributed by atoms with E-state index in [4.69, 9.17) is 4.74 Å². The fourth-order valence-corrected chi connectivity index (χ4v) is 7.62. The average molecular weight is 543 g/mol. The molecule has 0 amide bonds. The number of alkyl halides is 2. The highest BCUT2D eigenvalue weighted by Gasteiger charge is 2.41. The van der Waals surface area contributed by atoms with Gasteiger partial charge in [-0.3, -0.25) is 4.98 Å². The number of anilines is 1. The van der Waals surface area contributed by atoms with Gasteiger partial charge in [0.2, 0.25) is 0 Å². The Morgan fingerprint density at radius 3 is 2.55 bits per heavy atom. The second kappa shape index (κ2) is 10.1. The van der Waals surface area contributed by atoms with Crippen molar-refractivity contribution in [1.82, 2.24) is 4.98 Å². The van der Waals surface area contributed by atoms with E-state index in [0.717, 1.165) is 18.9 Å². The van der Waals surface area contributed by atoms with Crippen LogP contribution in [0.4, 0.5) is 18.9 Å². The highest BCUT2D eigenvalue weighted by atomic mass is 32.2. The molecule has 2 heterocycles. The Kier molecular flexibility index (Phi) is 6.99. The van der Waals surface area contributed by atoms with Crippen LogP contribution in [0, 0.1) is 17.1 Å². The first-order valence-corrected chi connectivity index (χ1v) is 14.5. The summed E-state index contributed by atoms with van der Waals surface area (Å²) in [6.07, 6.45) is 1.44. The lowest BCUT2D eigenvalue weighted by Crippen LogP contribution is -2.36. The van der Waals surface area contributed by atoms with E-state index in [-0.39, 0.29) is 11.6 Å². The van der Waals surface area contributed by atoms with Crippen LogP contribution in [0.1, 0.15) is 61.8 Å². The zero-order valence-electron chi connectivity index (χ0n) is 21.2. The van der Waals surface area contributed by atoms with E-state index < -0.39 is 39.0 Å². The molecule has 1 N–H and O–H groups in total. The molecule has 200 valence electrons. The van der Waals surface area contributed by atoms with Gasteiger partial charge in [-0.25, -0.2) is 21.7 Å². The second-order valence-corrected chi connectivity index (χ2v) is 12.6. The molecule has 1 saturated heterocycles. The van der Waals surface area contributed by atoms with Gasteiger partial charge in [-0.1, -0.05) is 18.2 Å². The van der Waals surface area contributed by atoms with Crippen molar-refractivity contribution in [3.63, 3.8) is 0 Å². The van der Waals surface area contributed by atoms with Gasteiger partial charge in [0.25, 0.3) is 6.43 Å². The van der Waals surface area contributed by atoms with E-state index in [1.54, 1.807) is 25.3 Å². The van der Waals surface area contributed by atoms with Crippen LogP contribution in [0.5, 0.6) is 5.75 Å². The molecule has 5 rings (SSSR count). The molecule has 1 aliphatic heterocycles. The highest BCUT2D eigenvalue weighted by molar-refractivity contribution is 7.93. The number of aromatic nitrogens is 1. The van der Waals surface area contributed by atoms with Crippen LogP contribution < -0.4 is 10.1 Å². The van der Waals surface area contributed by atoms with Gasteiger partial charge in [-0.2, -0.15) is 5.26 Å². The number of methoxy groups -OCH3 is 1. The Hall–Kier alpha value is -3.32. The van der Waals surface area contributed by atoms with Crippen molar-refractivity contribution in [2.24, 2.45) is 4.36 Å². The van der Waals surface area contributed by atoms with Gasteiger partial charge < -0.3 is 10.1 Å². The number of nitrogens with one attached hydrogen (secondary N) is 1. The molecule has 3 aromatic rings. The van der Waals surface area contributed by atoms with Crippen molar-refractivity contribution < 1.29 is 22.1 Å². The number of hydrogen-bond acceptors (Lipinski definition) is 6. The number of nitriles is 1. The summed E-state index contributed by atoms with van der Waals surface area (Å²) in [5, 5.41) is 14.3. The van der Waals surface area contributed by atoms with Crippen LogP contribution in [-0.2, 0) is 15.1 Å². The Morgan fingerprint density at radius 1 is 1.21 bits per heavy atom. The quantitative estimate of drug-likeness (QED) is 0.360. The van der Waals surface area contributed by atoms with Crippen LogP contribution in [0.15, 0.2) is 47.0 Å². The number of halogens is 3. The molecule has 0 bridgehead atoms. The minimum atomic E-state index is -2.91. The second-order valence-electron chi connectivity index (χ2n) is 10.1. The molecule has 0 unspecified atom stereocenters. The predicted octanol–water partition coefficient (Wildman–Crippen LogP) is 6.68. The van der Waals surface area contributed by atoms with Crippen molar-refractivity contribution in [3.05, 3.63) is 65.1 Å². The first-order chi connectivity index (χ1) is 18.2. The van der Waals surface area contributed by atoms with Crippen molar-refractivity contribution in [2.45, 2.75) is 56.5 Å². The van der Waals surface area contributed by atoms with E-state index in [2.05, 4.69) is 20.7 Å². The van der Waals surface area contributed by atoms with Crippen molar-refractivity contribution in [2.75, 3.05) is 23.9 Å². The highest BCUT2D eigenvalue weighted by Crippen LogP contribution is 2.44. The third-order valence-electron chi connectivity index (χ3n) is 7.51. The van der Waals surface area contributed by atoms with Gasteiger partial charge in [0.05, 0.1) is 41.8 Å². The summed E-state index contributed by atoms with van der Waals surface area (Å²) >= 11 is 0. The van der Waals surface area contributed by atoms with Crippen LogP contribution >= 0.6 is 0 Å². The maximum atomic E-state index is 14.8. The fourth-order valence-electron chi connectivity index (χ4n) is 5.12. The first kappa shape index (κ1) is 26.3. The average Bonchev–Trinajstić information content (AvgIpc) is 3.72. The summed E-state index contributed by atoms with van der Waals surface area (Å²) in [6.45, 7) is 1.70. The van der Waals surface area contributed by atoms with E-state index in [0.29, 0.717) is 52.3 Å². The number of nitrogens with zero attached hydrogens (tertiary/aromatic N) is 3. The van der Waals surface area contributed by atoms with E-state index >= 15 is 0 Å². The normalized spacial score (nSPS) is 24.1. The maximum absolute atomic E-state index is 14.8. The van der Waals surface area contributed by atoms with Gasteiger partial charge in [0.15, 0.2) is 0 Å². The lowest BCUT2D eigenvalue weighted by atomic mass is 9.76. The summed E-state index contributed by atoms with van der Waals surface area (Å²) in [5.74, 6) is 0.287. The predicted molar refractivity (Wildman–Crippen MR) is 142 cm³/mol. The van der Waals surface area contributed by atoms with Crippen LogP contribution in [0.3, 0.4) is 0 Å². The molecule has 2 fully saturated rings. The SMILES string of the molecule is COc1cc2nccc(N[C@H](C)c3cccc(C(F)F)c3F)c2cc1C1(C#N)CCS(=O)(=NC2CC2)CC1. The molecule has 1 aliphatic carbocycles. The van der Waals surface area contributed by atoms with Crippen LogP contribution in [-0.4, -0.2) is 33.9 Å². The first-order valence-electron chi connectivity index (χ1n) is 12.6. The third kappa shape index (κ3) is 4.92. The molecule has 1 saturated carbocycles. The molecule has 1 aromatic heterocycles. The molecule has 0 radical (unpaired) electrons. The Labute approximate surface area is 220 Å². The largest absolute Gasteiger partial charge is 0.496 e. The number of rotatable bonds is 7. The Bertz CT molecular complexity index is 1530.